The van der Waals surface area contributed by atoms with Gasteiger partial charge in [0, 0.05) is 23.9 Å². The third-order valence-corrected chi connectivity index (χ3v) is 14.8. The summed E-state index contributed by atoms with van der Waals surface area (Å²) in [5.41, 5.74) is 16.3. The van der Waals surface area contributed by atoms with Crippen LogP contribution in [0.1, 0.15) is 153 Å². The van der Waals surface area contributed by atoms with Crippen LogP contribution in [0.3, 0.4) is 0 Å². The van der Waals surface area contributed by atoms with Gasteiger partial charge in [-0.3, -0.25) is 4.40 Å². The third-order valence-electron chi connectivity index (χ3n) is 14.8. The van der Waals surface area contributed by atoms with Gasteiger partial charge in [0.1, 0.15) is 11.5 Å². The number of aromatic nitrogens is 3. The average Bonchev–Trinajstić information content (AvgIpc) is 4.00. The molecule has 69 heavy (non-hydrogen) atoms. The molecule has 0 saturated heterocycles. The second-order valence-electron chi connectivity index (χ2n) is 21.1. The molecule has 0 aliphatic heterocycles. The molecule has 1 atom stereocenters. The molecule has 0 saturated carbocycles. The molecule has 0 spiro atoms. The molecule has 2 aromatic heterocycles. The van der Waals surface area contributed by atoms with Crippen LogP contribution in [0.5, 0.6) is 0 Å². The van der Waals surface area contributed by atoms with Crippen molar-refractivity contribution in [2.45, 2.75) is 127 Å². The van der Waals surface area contributed by atoms with Crippen molar-refractivity contribution in [3.63, 3.8) is 0 Å². The van der Waals surface area contributed by atoms with E-state index in [-0.39, 0.29) is 0 Å². The maximum absolute atomic E-state index is 4.72. The number of hydrogen-bond acceptors (Lipinski definition) is 2. The van der Waals surface area contributed by atoms with E-state index in [2.05, 4.69) is 216 Å². The molecule has 10 aromatic rings. The van der Waals surface area contributed by atoms with Crippen LogP contribution in [-0.2, 0) is 6.42 Å². The van der Waals surface area contributed by atoms with Crippen molar-refractivity contribution in [3.05, 3.63) is 195 Å². The Morgan fingerprint density at radius 2 is 1.12 bits per heavy atom. The normalized spacial score (nSPS) is 14.0. The van der Waals surface area contributed by atoms with Crippen LogP contribution < -0.4 is 0 Å². The largest absolute Gasteiger partial charge is 0.288 e. The average molecular weight is 906 g/mol. The molecule has 3 heteroatoms. The Morgan fingerprint density at radius 3 is 1.81 bits per heavy atom. The summed E-state index contributed by atoms with van der Waals surface area (Å²) in [5, 5.41) is 14.1. The molecular formula is C66H71N3. The highest BCUT2D eigenvalue weighted by atomic mass is 15.1. The van der Waals surface area contributed by atoms with E-state index in [4.69, 9.17) is 4.98 Å². The minimum Gasteiger partial charge on any atom is -0.288 e. The first-order chi connectivity index (χ1) is 33.1. The van der Waals surface area contributed by atoms with Gasteiger partial charge in [-0.2, -0.15) is 0 Å². The first-order valence-electron chi connectivity index (χ1n) is 25.5. The predicted molar refractivity (Wildman–Crippen MR) is 301 cm³/mol. The summed E-state index contributed by atoms with van der Waals surface area (Å²) in [6, 6.07) is 38.4. The monoisotopic (exact) mass is 906 g/mol. The van der Waals surface area contributed by atoms with Crippen molar-refractivity contribution in [1.29, 1.82) is 0 Å². The Hall–Kier alpha value is -6.58. The summed E-state index contributed by atoms with van der Waals surface area (Å²) < 4.78 is 2.05. The SMILES string of the molecule is Cc1cc(C)c2cccc(C(C)C)c2c1.Cc1cc2c(C(C)C)ccc3ccc4cccc1c4c32.Cc1cc2c(C(C)C)cccc2c2c1C=CCC2.Cc1nc2c(c3nccn13)C=CC2C(C)C. The Morgan fingerprint density at radius 1 is 0.536 bits per heavy atom. The molecule has 0 bridgehead atoms. The zero-order valence-corrected chi connectivity index (χ0v) is 43.4. The van der Waals surface area contributed by atoms with Gasteiger partial charge in [-0.15, -0.1) is 0 Å². The fourth-order valence-electron chi connectivity index (χ4n) is 11.3. The molecular weight excluding hydrogens is 835 g/mol. The molecule has 2 aliphatic carbocycles. The molecule has 0 N–H and O–H groups in total. The number of nitrogens with zero attached hydrogens (tertiary/aromatic N) is 3. The minimum atomic E-state index is 0.440. The van der Waals surface area contributed by atoms with E-state index in [9.17, 15) is 0 Å². The lowest BCUT2D eigenvalue weighted by molar-refractivity contribution is 0.570. The molecule has 1 unspecified atom stereocenters. The number of rotatable bonds is 4. The van der Waals surface area contributed by atoms with Crippen molar-refractivity contribution in [2.24, 2.45) is 5.92 Å². The molecule has 0 fully saturated rings. The van der Waals surface area contributed by atoms with Crippen LogP contribution >= 0.6 is 0 Å². The van der Waals surface area contributed by atoms with Crippen molar-refractivity contribution in [2.75, 3.05) is 0 Å². The van der Waals surface area contributed by atoms with E-state index in [1.165, 1.54) is 122 Å². The van der Waals surface area contributed by atoms with Gasteiger partial charge < -0.3 is 0 Å². The Balaban J connectivity index is 0.000000115. The summed E-state index contributed by atoms with van der Waals surface area (Å²) in [6.45, 7) is 29.0. The van der Waals surface area contributed by atoms with E-state index in [0.29, 0.717) is 29.6 Å². The smallest absolute Gasteiger partial charge is 0.147 e. The van der Waals surface area contributed by atoms with Crippen LogP contribution in [0, 0.1) is 40.5 Å². The Labute approximate surface area is 411 Å². The second-order valence-corrected chi connectivity index (χ2v) is 21.1. The lowest BCUT2D eigenvalue weighted by Crippen LogP contribution is -2.08. The number of fused-ring (bicyclic) bond motifs is 7. The zero-order valence-electron chi connectivity index (χ0n) is 43.4. The number of imidazole rings is 1. The second kappa shape index (κ2) is 19.4. The summed E-state index contributed by atoms with van der Waals surface area (Å²) >= 11 is 0. The van der Waals surface area contributed by atoms with Gasteiger partial charge in [0.15, 0.2) is 0 Å². The van der Waals surface area contributed by atoms with Crippen molar-refractivity contribution in [3.8, 4) is 0 Å². The van der Waals surface area contributed by atoms with E-state index in [0.717, 1.165) is 11.5 Å². The molecule has 0 radical (unpaired) electrons. The topological polar surface area (TPSA) is 30.2 Å². The summed E-state index contributed by atoms with van der Waals surface area (Å²) in [6.07, 6.45) is 15.2. The Bertz CT molecular complexity index is 3570. The van der Waals surface area contributed by atoms with Crippen LogP contribution in [0.25, 0.3) is 71.7 Å². The first-order valence-corrected chi connectivity index (χ1v) is 25.5. The van der Waals surface area contributed by atoms with Gasteiger partial charge in [-0.1, -0.05) is 188 Å². The van der Waals surface area contributed by atoms with Crippen molar-refractivity contribution < 1.29 is 0 Å². The zero-order chi connectivity index (χ0) is 48.8. The molecule has 350 valence electrons. The molecule has 8 aromatic carbocycles. The maximum atomic E-state index is 4.72. The van der Waals surface area contributed by atoms with Gasteiger partial charge in [-0.25, -0.2) is 9.97 Å². The minimum absolute atomic E-state index is 0.440. The van der Waals surface area contributed by atoms with Crippen LogP contribution in [-0.4, -0.2) is 14.4 Å². The number of benzene rings is 8. The van der Waals surface area contributed by atoms with E-state index in [1.54, 1.807) is 5.56 Å². The van der Waals surface area contributed by atoms with Gasteiger partial charge >= 0.3 is 0 Å². The lowest BCUT2D eigenvalue weighted by atomic mass is 9.85. The quantitative estimate of drug-likeness (QED) is 0.165. The summed E-state index contributed by atoms with van der Waals surface area (Å²) in [4.78, 5) is 9.13. The highest BCUT2D eigenvalue weighted by Gasteiger charge is 2.25. The molecule has 0 amide bonds. The van der Waals surface area contributed by atoms with Crippen LogP contribution in [0.15, 0.2) is 128 Å². The fraction of sp³-hybridized carbons (Fsp3) is 0.303. The number of hydrogen-bond donors (Lipinski definition) is 0. The summed E-state index contributed by atoms with van der Waals surface area (Å²) in [5.74, 6) is 3.77. The number of aryl methyl sites for hydroxylation is 6. The molecule has 2 heterocycles. The van der Waals surface area contributed by atoms with Gasteiger partial charge in [0.2, 0.25) is 0 Å². The maximum Gasteiger partial charge on any atom is 0.147 e. The predicted octanol–water partition coefficient (Wildman–Crippen LogP) is 18.6. The number of allylic oxidation sites excluding steroid dienone is 2. The van der Waals surface area contributed by atoms with Crippen LogP contribution in [0.2, 0.25) is 0 Å². The standard InChI is InChI=1S/C20H18.C18H20.C15H18.C13H15N3/c1-12(2)16-10-9-15-8-7-14-5-4-6-17-13(3)11-18(16)20(15)19(14)17;1-12(2)14-9-6-10-17-16-8-5-4-7-15(16)13(3)11-18(14)17;1-10(2)13-6-5-7-14-12(4)8-11(3)9-15(13)14;1-8(2)10-4-5-11-12(10)15-9(3)16-7-6-14-13(11)16/h4-12H,1-3H3;4,6-7,9-12H,5,8H2,1-3H3;5-10H,1-4H3;4-8,10H,1-3H3. The fourth-order valence-corrected chi connectivity index (χ4v) is 11.3. The third kappa shape index (κ3) is 8.98. The molecule has 12 rings (SSSR count). The van der Waals surface area contributed by atoms with E-state index in [1.807, 2.05) is 23.7 Å². The van der Waals surface area contributed by atoms with E-state index >= 15 is 0 Å². The lowest BCUT2D eigenvalue weighted by Gasteiger charge is -2.19. The molecule has 2 aliphatic rings. The van der Waals surface area contributed by atoms with Crippen molar-refractivity contribution >= 4 is 71.7 Å². The van der Waals surface area contributed by atoms with Gasteiger partial charge in [0.25, 0.3) is 0 Å². The molecule has 3 nitrogen and oxygen atoms in total. The summed E-state index contributed by atoms with van der Waals surface area (Å²) in [7, 11) is 0. The highest BCUT2D eigenvalue weighted by molar-refractivity contribution is 6.24. The van der Waals surface area contributed by atoms with Gasteiger partial charge in [0.05, 0.1) is 5.69 Å². The Kier molecular flexibility index (Phi) is 13.4. The van der Waals surface area contributed by atoms with Crippen LogP contribution in [0.4, 0.5) is 0 Å². The first kappa shape index (κ1) is 47.5. The van der Waals surface area contributed by atoms with Crippen molar-refractivity contribution in [1.82, 2.24) is 14.4 Å². The highest BCUT2D eigenvalue weighted by Crippen LogP contribution is 2.40. The van der Waals surface area contributed by atoms with Gasteiger partial charge in [-0.05, 0) is 170 Å². The van der Waals surface area contributed by atoms with E-state index < -0.39 is 0 Å².